The summed E-state index contributed by atoms with van der Waals surface area (Å²) >= 11 is 0. The molecule has 37 heavy (non-hydrogen) atoms. The summed E-state index contributed by atoms with van der Waals surface area (Å²) in [5.41, 5.74) is 4.09. The number of ether oxygens (including phenoxy) is 1. The van der Waals surface area contributed by atoms with E-state index in [2.05, 4.69) is 15.5 Å². The van der Waals surface area contributed by atoms with Gasteiger partial charge >= 0.3 is 6.03 Å². The Morgan fingerprint density at radius 3 is 2.54 bits per heavy atom. The largest absolute Gasteiger partial charge is 0.383 e. The van der Waals surface area contributed by atoms with E-state index in [9.17, 15) is 9.18 Å². The van der Waals surface area contributed by atoms with E-state index in [1.165, 1.54) is 6.07 Å². The van der Waals surface area contributed by atoms with Crippen LogP contribution in [0.4, 0.5) is 14.9 Å². The molecule has 2 amide bonds. The monoisotopic (exact) mass is 498 g/mol. The lowest BCUT2D eigenvalue weighted by Crippen LogP contribution is -2.42. The molecule has 1 aliphatic heterocycles. The number of fused-ring (bicyclic) bond motifs is 1. The molecule has 2 atom stereocenters. The second kappa shape index (κ2) is 11.1. The molecule has 0 aliphatic carbocycles. The number of methoxy groups -OCH3 is 1. The molecule has 4 aromatic rings. The quantitative estimate of drug-likeness (QED) is 0.349. The first kappa shape index (κ1) is 24.9. The van der Waals surface area contributed by atoms with Crippen molar-refractivity contribution < 1.29 is 13.9 Å². The van der Waals surface area contributed by atoms with Gasteiger partial charge in [0.1, 0.15) is 5.82 Å². The molecule has 190 valence electrons. The van der Waals surface area contributed by atoms with Crippen molar-refractivity contribution in [2.75, 3.05) is 38.7 Å². The summed E-state index contributed by atoms with van der Waals surface area (Å²) in [6.07, 6.45) is 0. The van der Waals surface area contributed by atoms with Crippen LogP contribution in [0.5, 0.6) is 0 Å². The van der Waals surface area contributed by atoms with E-state index in [1.54, 1.807) is 19.2 Å². The third-order valence-electron chi connectivity index (χ3n) is 6.99. The summed E-state index contributed by atoms with van der Waals surface area (Å²) < 4.78 is 19.3. The molecular weight excluding hydrogens is 467 g/mol. The highest BCUT2D eigenvalue weighted by molar-refractivity contribution is 6.07. The number of likely N-dealkylation sites (tertiary alicyclic amines) is 1. The summed E-state index contributed by atoms with van der Waals surface area (Å²) in [4.78, 5) is 20.6. The number of benzene rings is 3. The molecule has 1 aliphatic rings. The Morgan fingerprint density at radius 1 is 1.03 bits per heavy atom. The zero-order valence-corrected chi connectivity index (χ0v) is 21.1. The fourth-order valence-electron chi connectivity index (χ4n) is 5.19. The van der Waals surface area contributed by atoms with Crippen molar-refractivity contribution in [3.63, 3.8) is 0 Å². The van der Waals surface area contributed by atoms with E-state index < -0.39 is 0 Å². The number of carbonyl (C=O) groups is 1. The van der Waals surface area contributed by atoms with E-state index in [0.717, 1.165) is 39.8 Å². The fraction of sp³-hybridized carbons (Fsp3) is 0.267. The van der Waals surface area contributed by atoms with Crippen LogP contribution in [0, 0.1) is 12.7 Å². The molecule has 6 nitrogen and oxygen atoms in total. The van der Waals surface area contributed by atoms with Crippen LogP contribution >= 0.6 is 0 Å². The molecule has 1 aromatic heterocycles. The van der Waals surface area contributed by atoms with Gasteiger partial charge < -0.3 is 15.4 Å². The second-order valence-electron chi connectivity index (χ2n) is 9.45. The number of carbonyl (C=O) groups excluding carboxylic acids is 1. The first-order valence-corrected chi connectivity index (χ1v) is 12.5. The van der Waals surface area contributed by atoms with Crippen LogP contribution in [0.25, 0.3) is 22.0 Å². The van der Waals surface area contributed by atoms with Gasteiger partial charge in [0.25, 0.3) is 0 Å². The van der Waals surface area contributed by atoms with Crippen molar-refractivity contribution >= 4 is 22.5 Å². The van der Waals surface area contributed by atoms with Crippen LogP contribution in [-0.2, 0) is 4.74 Å². The molecule has 0 radical (unpaired) electrons. The molecule has 0 unspecified atom stereocenters. The Labute approximate surface area is 216 Å². The number of halogens is 1. The number of hydrogen-bond acceptors (Lipinski definition) is 4. The Hall–Kier alpha value is -3.81. The van der Waals surface area contributed by atoms with Gasteiger partial charge in [-0.05, 0) is 24.6 Å². The third kappa shape index (κ3) is 5.48. The van der Waals surface area contributed by atoms with E-state index in [-0.39, 0.29) is 23.8 Å². The highest BCUT2D eigenvalue weighted by Gasteiger charge is 2.35. The number of nitrogens with zero attached hydrogens (tertiary/aromatic N) is 2. The van der Waals surface area contributed by atoms with Crippen molar-refractivity contribution in [1.82, 2.24) is 15.2 Å². The maximum absolute atomic E-state index is 14.0. The van der Waals surface area contributed by atoms with Gasteiger partial charge in [-0.2, -0.15) is 0 Å². The van der Waals surface area contributed by atoms with Gasteiger partial charge in [0.2, 0.25) is 0 Å². The molecule has 1 fully saturated rings. The standard InChI is InChI=1S/C30H31FN4O2/c1-20-24-13-6-7-14-25(24)29(28(32-20)21-9-4-3-5-10-21)34-30(36)33-27-19-35(15-16-37-2)18-26(27)22-11-8-12-23(31)17-22/h3-14,17,26-27H,15-16,18-19H2,1-2H3,(H2,33,34,36)/t26-,27+/m0/s1. The summed E-state index contributed by atoms with van der Waals surface area (Å²) in [7, 11) is 1.67. The molecule has 1 saturated heterocycles. The second-order valence-corrected chi connectivity index (χ2v) is 9.45. The zero-order valence-electron chi connectivity index (χ0n) is 21.1. The van der Waals surface area contributed by atoms with Gasteiger partial charge in [-0.15, -0.1) is 0 Å². The van der Waals surface area contributed by atoms with Crippen molar-refractivity contribution in [3.05, 3.63) is 95.9 Å². The maximum atomic E-state index is 14.0. The lowest BCUT2D eigenvalue weighted by atomic mass is 9.94. The summed E-state index contributed by atoms with van der Waals surface area (Å²) in [5, 5.41) is 8.21. The maximum Gasteiger partial charge on any atom is 0.319 e. The van der Waals surface area contributed by atoms with E-state index in [1.807, 2.05) is 67.6 Å². The van der Waals surface area contributed by atoms with Crippen LogP contribution < -0.4 is 10.6 Å². The normalized spacial score (nSPS) is 17.7. The van der Waals surface area contributed by atoms with Gasteiger partial charge in [-0.3, -0.25) is 9.88 Å². The van der Waals surface area contributed by atoms with Crippen LogP contribution in [0.3, 0.4) is 0 Å². The zero-order chi connectivity index (χ0) is 25.8. The van der Waals surface area contributed by atoms with Gasteiger partial charge in [0.05, 0.1) is 24.0 Å². The average molecular weight is 499 g/mol. The molecular formula is C30H31FN4O2. The molecule has 7 heteroatoms. The lowest BCUT2D eigenvalue weighted by Gasteiger charge is -2.22. The molecule has 0 saturated carbocycles. The number of aromatic nitrogens is 1. The van der Waals surface area contributed by atoms with Gasteiger partial charge in [-0.1, -0.05) is 66.7 Å². The number of rotatable bonds is 7. The summed E-state index contributed by atoms with van der Waals surface area (Å²) in [5.74, 6) is -0.319. The highest BCUT2D eigenvalue weighted by Crippen LogP contribution is 2.35. The summed E-state index contributed by atoms with van der Waals surface area (Å²) in [6.45, 7) is 4.68. The van der Waals surface area contributed by atoms with Crippen molar-refractivity contribution in [3.8, 4) is 11.3 Å². The SMILES string of the molecule is COCCN1C[C@@H](NC(=O)Nc2c(-c3ccccc3)nc(C)c3ccccc23)[C@H](c2cccc(F)c2)C1. The minimum absolute atomic E-state index is 0.0419. The van der Waals surface area contributed by atoms with Crippen molar-refractivity contribution in [2.45, 2.75) is 18.9 Å². The first-order chi connectivity index (χ1) is 18.0. The number of anilines is 1. The van der Waals surface area contributed by atoms with Crippen molar-refractivity contribution in [1.29, 1.82) is 0 Å². The van der Waals surface area contributed by atoms with E-state index in [4.69, 9.17) is 9.72 Å². The van der Waals surface area contributed by atoms with Gasteiger partial charge in [-0.25, -0.2) is 9.18 Å². The Balaban J connectivity index is 1.45. The molecule has 2 N–H and O–H groups in total. The molecule has 3 aromatic carbocycles. The number of nitrogens with one attached hydrogen (secondary N) is 2. The number of hydrogen-bond donors (Lipinski definition) is 2. The van der Waals surface area contributed by atoms with Gasteiger partial charge in [0, 0.05) is 54.7 Å². The molecule has 0 spiro atoms. The Bertz CT molecular complexity index is 1400. The third-order valence-corrected chi connectivity index (χ3v) is 6.99. The summed E-state index contributed by atoms with van der Waals surface area (Å²) in [6, 6.07) is 23.9. The molecule has 5 rings (SSSR count). The molecule has 2 heterocycles. The predicted octanol–water partition coefficient (Wildman–Crippen LogP) is 5.59. The average Bonchev–Trinajstić information content (AvgIpc) is 3.32. The van der Waals surface area contributed by atoms with E-state index in [0.29, 0.717) is 25.4 Å². The minimum Gasteiger partial charge on any atom is -0.383 e. The highest BCUT2D eigenvalue weighted by atomic mass is 19.1. The topological polar surface area (TPSA) is 66.5 Å². The fourth-order valence-corrected chi connectivity index (χ4v) is 5.19. The first-order valence-electron chi connectivity index (χ1n) is 12.5. The minimum atomic E-state index is -0.312. The van der Waals surface area contributed by atoms with Gasteiger partial charge in [0.15, 0.2) is 0 Å². The number of aryl methyl sites for hydroxylation is 1. The predicted molar refractivity (Wildman–Crippen MR) is 145 cm³/mol. The van der Waals surface area contributed by atoms with Crippen molar-refractivity contribution in [2.24, 2.45) is 0 Å². The number of amides is 2. The van der Waals surface area contributed by atoms with Crippen LogP contribution in [0.1, 0.15) is 17.2 Å². The molecule has 0 bridgehead atoms. The number of pyridine rings is 1. The van der Waals surface area contributed by atoms with Crippen LogP contribution in [0.2, 0.25) is 0 Å². The Morgan fingerprint density at radius 2 is 1.78 bits per heavy atom. The lowest BCUT2D eigenvalue weighted by molar-refractivity contribution is 0.159. The van der Waals surface area contributed by atoms with Crippen LogP contribution in [0.15, 0.2) is 78.9 Å². The number of urea groups is 1. The Kier molecular flexibility index (Phi) is 7.44. The smallest absolute Gasteiger partial charge is 0.319 e. The van der Waals surface area contributed by atoms with E-state index >= 15 is 0 Å². The van der Waals surface area contributed by atoms with Crippen LogP contribution in [-0.4, -0.2) is 55.3 Å².